The summed E-state index contributed by atoms with van der Waals surface area (Å²) >= 11 is 0. The fraction of sp³-hybridized carbons (Fsp3) is 0.647. The lowest BCUT2D eigenvalue weighted by Crippen LogP contribution is -2.52. The molecule has 1 atom stereocenters. The highest BCUT2D eigenvalue weighted by atomic mass is 19.1. The van der Waals surface area contributed by atoms with Crippen LogP contribution in [0, 0.1) is 24.5 Å². The van der Waals surface area contributed by atoms with Gasteiger partial charge in [0.1, 0.15) is 11.6 Å². The molecule has 1 saturated carbocycles. The zero-order valence-corrected chi connectivity index (χ0v) is 12.7. The number of ether oxygens (including phenoxy) is 1. The largest absolute Gasteiger partial charge is 0.364 e. The second-order valence-electron chi connectivity index (χ2n) is 6.73. The number of hydrogen-bond acceptors (Lipinski definition) is 2. The van der Waals surface area contributed by atoms with Gasteiger partial charge in [0.15, 0.2) is 0 Å². The van der Waals surface area contributed by atoms with Gasteiger partial charge in [0.2, 0.25) is 0 Å². The fourth-order valence-electron chi connectivity index (χ4n) is 3.48. The van der Waals surface area contributed by atoms with E-state index in [1.807, 2.05) is 0 Å². The van der Waals surface area contributed by atoms with Gasteiger partial charge in [-0.3, -0.25) is 0 Å². The molecule has 2 aliphatic rings. The summed E-state index contributed by atoms with van der Waals surface area (Å²) in [6, 6.07) is 2.56. The molecule has 2 nitrogen and oxygen atoms in total. The third kappa shape index (κ3) is 2.97. The Kier molecular flexibility index (Phi) is 4.02. The van der Waals surface area contributed by atoms with E-state index in [9.17, 15) is 8.78 Å². The second kappa shape index (κ2) is 5.65. The van der Waals surface area contributed by atoms with Gasteiger partial charge in [-0.15, -0.1) is 0 Å². The molecule has 4 heteroatoms. The molecule has 1 aliphatic heterocycles. The third-order valence-electron chi connectivity index (χ3n) is 4.98. The molecule has 0 radical (unpaired) electrons. The Hall–Kier alpha value is -1.00. The van der Waals surface area contributed by atoms with Crippen molar-refractivity contribution in [1.82, 2.24) is 5.32 Å². The Balaban J connectivity index is 1.82. The van der Waals surface area contributed by atoms with Crippen molar-refractivity contribution in [2.75, 3.05) is 13.1 Å². The van der Waals surface area contributed by atoms with Gasteiger partial charge in [-0.1, -0.05) is 6.92 Å². The summed E-state index contributed by atoms with van der Waals surface area (Å²) in [7, 11) is 0. The topological polar surface area (TPSA) is 21.3 Å². The minimum atomic E-state index is -0.401. The first kappa shape index (κ1) is 14.9. The summed E-state index contributed by atoms with van der Waals surface area (Å²) in [6.45, 7) is 5.19. The zero-order valence-electron chi connectivity index (χ0n) is 12.7. The average Bonchev–Trinajstić information content (AvgIpc) is 2.47. The molecule has 3 rings (SSSR count). The van der Waals surface area contributed by atoms with Gasteiger partial charge in [0, 0.05) is 18.7 Å². The molecule has 1 unspecified atom stereocenters. The average molecular weight is 295 g/mol. The fourth-order valence-corrected chi connectivity index (χ4v) is 3.48. The molecule has 1 heterocycles. The van der Waals surface area contributed by atoms with E-state index in [-0.39, 0.29) is 17.2 Å². The van der Waals surface area contributed by atoms with Gasteiger partial charge in [-0.25, -0.2) is 8.78 Å². The van der Waals surface area contributed by atoms with Crippen LogP contribution in [0.3, 0.4) is 0 Å². The lowest BCUT2D eigenvalue weighted by molar-refractivity contribution is -0.141. The number of aryl methyl sites for hydroxylation is 1. The molecule has 1 spiro atoms. The predicted molar refractivity (Wildman–Crippen MR) is 78.2 cm³/mol. The highest BCUT2D eigenvalue weighted by Gasteiger charge is 2.40. The molecule has 1 aliphatic carbocycles. The molecule has 1 saturated heterocycles. The Morgan fingerprint density at radius 3 is 2.62 bits per heavy atom. The van der Waals surface area contributed by atoms with E-state index in [1.54, 1.807) is 6.92 Å². The highest BCUT2D eigenvalue weighted by Crippen LogP contribution is 2.40. The van der Waals surface area contributed by atoms with Gasteiger partial charge in [0.05, 0.1) is 11.7 Å². The van der Waals surface area contributed by atoms with Crippen molar-refractivity contribution in [3.63, 3.8) is 0 Å². The molecule has 1 N–H and O–H groups in total. The number of hydrogen-bond donors (Lipinski definition) is 1. The first-order valence-corrected chi connectivity index (χ1v) is 7.83. The van der Waals surface area contributed by atoms with Crippen LogP contribution in [0.5, 0.6) is 0 Å². The summed E-state index contributed by atoms with van der Waals surface area (Å²) < 4.78 is 34.2. The Morgan fingerprint density at radius 1 is 1.19 bits per heavy atom. The van der Waals surface area contributed by atoms with Crippen LogP contribution in [-0.2, 0) is 4.74 Å². The molecule has 2 fully saturated rings. The second-order valence-corrected chi connectivity index (χ2v) is 6.73. The minimum absolute atomic E-state index is 0.205. The molecule has 21 heavy (non-hydrogen) atoms. The number of rotatable bonds is 1. The maximum atomic E-state index is 14.2. The smallest absolute Gasteiger partial charge is 0.129 e. The first-order valence-electron chi connectivity index (χ1n) is 7.83. The molecule has 116 valence electrons. The molecular weight excluding hydrogens is 272 g/mol. The van der Waals surface area contributed by atoms with Crippen molar-refractivity contribution in [2.45, 2.75) is 51.2 Å². The Labute approximate surface area is 124 Å². The molecule has 1 aromatic carbocycles. The van der Waals surface area contributed by atoms with Gasteiger partial charge in [-0.2, -0.15) is 0 Å². The van der Waals surface area contributed by atoms with Crippen molar-refractivity contribution < 1.29 is 13.5 Å². The van der Waals surface area contributed by atoms with Crippen LogP contribution in [0.4, 0.5) is 8.78 Å². The summed E-state index contributed by atoms with van der Waals surface area (Å²) in [5.74, 6) is -0.0121. The molecule has 1 aromatic rings. The van der Waals surface area contributed by atoms with Gasteiger partial charge >= 0.3 is 0 Å². The first-order chi connectivity index (χ1) is 9.99. The Bertz CT molecular complexity index is 524. The standard InChI is InChI=1S/C17H23F2NO/c1-11-3-5-17(6-4-11)10-20-9-16(21-17)13-8-14(18)12(2)7-15(13)19/h7-8,11,16,20H,3-6,9-10H2,1-2H3. The molecule has 0 aromatic heterocycles. The lowest BCUT2D eigenvalue weighted by atomic mass is 9.78. The predicted octanol–water partition coefficient (Wildman–Crippen LogP) is 3.88. The summed E-state index contributed by atoms with van der Waals surface area (Å²) in [5, 5.41) is 3.36. The number of nitrogens with one attached hydrogen (secondary N) is 1. The lowest BCUT2D eigenvalue weighted by Gasteiger charge is -2.45. The Morgan fingerprint density at radius 2 is 1.90 bits per heavy atom. The van der Waals surface area contributed by atoms with E-state index in [0.29, 0.717) is 17.7 Å². The van der Waals surface area contributed by atoms with Crippen molar-refractivity contribution in [3.8, 4) is 0 Å². The van der Waals surface area contributed by atoms with Crippen molar-refractivity contribution in [1.29, 1.82) is 0 Å². The maximum absolute atomic E-state index is 14.2. The van der Waals surface area contributed by atoms with Crippen LogP contribution < -0.4 is 5.32 Å². The number of benzene rings is 1. The minimum Gasteiger partial charge on any atom is -0.364 e. The summed E-state index contributed by atoms with van der Waals surface area (Å²) in [4.78, 5) is 0. The van der Waals surface area contributed by atoms with Crippen LogP contribution in [0.1, 0.15) is 49.8 Å². The normalized spacial score (nSPS) is 33.3. The van der Waals surface area contributed by atoms with Crippen LogP contribution in [0.15, 0.2) is 12.1 Å². The van der Waals surface area contributed by atoms with E-state index in [1.165, 1.54) is 12.1 Å². The number of morpholine rings is 1. The van der Waals surface area contributed by atoms with E-state index in [4.69, 9.17) is 4.74 Å². The van der Waals surface area contributed by atoms with Gasteiger partial charge in [0.25, 0.3) is 0 Å². The van der Waals surface area contributed by atoms with Crippen molar-refractivity contribution in [2.24, 2.45) is 5.92 Å². The van der Waals surface area contributed by atoms with Gasteiger partial charge in [-0.05, 0) is 56.2 Å². The van der Waals surface area contributed by atoms with Crippen LogP contribution in [0.2, 0.25) is 0 Å². The van der Waals surface area contributed by atoms with Gasteiger partial charge < -0.3 is 10.1 Å². The SMILES string of the molecule is Cc1cc(F)c(C2CNCC3(CCC(C)CC3)O2)cc1F. The highest BCUT2D eigenvalue weighted by molar-refractivity contribution is 5.27. The van der Waals surface area contributed by atoms with E-state index in [2.05, 4.69) is 12.2 Å². The van der Waals surface area contributed by atoms with Crippen LogP contribution in [-0.4, -0.2) is 18.7 Å². The summed E-state index contributed by atoms with van der Waals surface area (Å²) in [6.07, 6.45) is 3.86. The van der Waals surface area contributed by atoms with Crippen molar-refractivity contribution >= 4 is 0 Å². The van der Waals surface area contributed by atoms with Crippen LogP contribution in [0.25, 0.3) is 0 Å². The quantitative estimate of drug-likeness (QED) is 0.849. The number of halogens is 2. The maximum Gasteiger partial charge on any atom is 0.129 e. The molecule has 0 bridgehead atoms. The van der Waals surface area contributed by atoms with Crippen LogP contribution >= 0.6 is 0 Å². The molecular formula is C17H23F2NO. The van der Waals surface area contributed by atoms with Crippen molar-refractivity contribution in [3.05, 3.63) is 34.9 Å². The molecule has 0 amide bonds. The zero-order chi connectivity index (χ0) is 15.0. The van der Waals surface area contributed by atoms with E-state index in [0.717, 1.165) is 38.1 Å². The summed E-state index contributed by atoms with van der Waals surface area (Å²) in [5.41, 5.74) is 0.466. The van der Waals surface area contributed by atoms with E-state index < -0.39 is 6.10 Å². The third-order valence-corrected chi connectivity index (χ3v) is 4.98. The monoisotopic (exact) mass is 295 g/mol. The van der Waals surface area contributed by atoms with E-state index >= 15 is 0 Å².